The van der Waals surface area contributed by atoms with Crippen molar-refractivity contribution in [2.45, 2.75) is 210 Å². The van der Waals surface area contributed by atoms with Crippen LogP contribution in [0.1, 0.15) is 155 Å². The maximum Gasteiger partial charge on any atom is 0.417 e. The van der Waals surface area contributed by atoms with Gasteiger partial charge in [-0.2, -0.15) is 0 Å². The molecule has 2 aliphatic heterocycles. The Morgan fingerprint density at radius 1 is 0.524 bits per heavy atom. The summed E-state index contributed by atoms with van der Waals surface area (Å²) in [5, 5.41) is 12.4. The van der Waals surface area contributed by atoms with Crippen LogP contribution in [0.3, 0.4) is 0 Å². The van der Waals surface area contributed by atoms with Gasteiger partial charge >= 0.3 is 12.1 Å². The monoisotopic (exact) mass is 1160 g/mol. The molecule has 0 bridgehead atoms. The van der Waals surface area contributed by atoms with Crippen molar-refractivity contribution in [3.05, 3.63) is 0 Å². The predicted octanol–water partition coefficient (Wildman–Crippen LogP) is 4.60. The zero-order valence-electron chi connectivity index (χ0n) is 54.3. The number of nitrogens with zero attached hydrogens (tertiary/aromatic N) is 7. The third-order valence-electron chi connectivity index (χ3n) is 15.8. The molecule has 2 heterocycles. The van der Waals surface area contributed by atoms with Crippen molar-refractivity contribution in [3.8, 4) is 0 Å². The molecule has 82 heavy (non-hydrogen) atoms. The second-order valence-corrected chi connectivity index (χ2v) is 26.0. The summed E-state index contributed by atoms with van der Waals surface area (Å²) in [5.41, 5.74) is 0. The largest absolute Gasteiger partial charge is 0.417 e. The molecule has 8 amide bonds. The lowest BCUT2D eigenvalue weighted by atomic mass is 9.94. The lowest BCUT2D eigenvalue weighted by molar-refractivity contribution is -0.151. The Balaban J connectivity index is 2.89. The van der Waals surface area contributed by atoms with E-state index in [1.165, 1.54) is 47.8 Å². The molecule has 10 atom stereocenters. The fourth-order valence-corrected chi connectivity index (χ4v) is 10.8. The second kappa shape index (κ2) is 34.7. The maximum absolute atomic E-state index is 15.1. The number of ether oxygens (including phenoxy) is 2. The van der Waals surface area contributed by atoms with E-state index in [9.17, 15) is 38.4 Å². The van der Waals surface area contributed by atoms with E-state index in [2.05, 4.69) is 26.2 Å². The molecule has 2 saturated heterocycles. The van der Waals surface area contributed by atoms with Gasteiger partial charge in [0.2, 0.25) is 41.4 Å². The average Bonchev–Trinajstić information content (AvgIpc) is 3.48. The molecule has 2 rings (SSSR count). The first-order valence-electron chi connectivity index (χ1n) is 30.3. The van der Waals surface area contributed by atoms with E-state index in [1.54, 1.807) is 34.7 Å². The highest BCUT2D eigenvalue weighted by Gasteiger charge is 2.42. The highest BCUT2D eigenvalue weighted by Crippen LogP contribution is 2.24. The predicted molar refractivity (Wildman–Crippen MR) is 318 cm³/mol. The Labute approximate surface area is 492 Å². The molecule has 22 heteroatoms. The van der Waals surface area contributed by atoms with Crippen LogP contribution in [-0.2, 0) is 47.8 Å². The Morgan fingerprint density at radius 2 is 1.00 bits per heavy atom. The number of esters is 1. The lowest BCUT2D eigenvalue weighted by Gasteiger charge is -2.40. The van der Waals surface area contributed by atoms with Gasteiger partial charge in [0.25, 0.3) is 0 Å². The van der Waals surface area contributed by atoms with E-state index in [0.717, 1.165) is 24.5 Å². The van der Waals surface area contributed by atoms with Crippen molar-refractivity contribution < 1.29 is 52.6 Å². The number of cyclic esters (lactones) is 2. The second-order valence-electron chi connectivity index (χ2n) is 26.0. The number of likely N-dealkylation sites (N-methyl/N-ethyl adjacent to an activating group) is 5. The number of rotatable bonds is 17. The summed E-state index contributed by atoms with van der Waals surface area (Å²) < 4.78 is 11.1. The minimum absolute atomic E-state index is 0.0216. The number of morpholine rings is 1. The first-order chi connectivity index (χ1) is 38.1. The summed E-state index contributed by atoms with van der Waals surface area (Å²) in [5.74, 6) is -5.31. The van der Waals surface area contributed by atoms with E-state index < -0.39 is 120 Å². The quantitative estimate of drug-likeness (QED) is 0.115. The summed E-state index contributed by atoms with van der Waals surface area (Å²) in [6.07, 6.45) is 0.500. The summed E-state index contributed by atoms with van der Waals surface area (Å²) in [6, 6.07) is -7.63. The maximum atomic E-state index is 15.1. The molecular weight excluding hydrogens is 1050 g/mol. The minimum Gasteiger partial charge on any atom is -0.379 e. The number of nitrogens with one attached hydrogen (secondary N) is 4. The van der Waals surface area contributed by atoms with Gasteiger partial charge in [-0.1, -0.05) is 96.9 Å². The molecule has 0 aliphatic carbocycles. The fourth-order valence-electron chi connectivity index (χ4n) is 10.8. The van der Waals surface area contributed by atoms with Crippen molar-refractivity contribution >= 4 is 53.4 Å². The molecule has 0 saturated carbocycles. The van der Waals surface area contributed by atoms with Gasteiger partial charge in [-0.3, -0.25) is 53.6 Å². The SMILES string of the molecule is CC[C@H]1NC(=O)[C@@H](C[C@H](C)CCN2CCOCC2)N(C)C(=O)C(C(C)C)N(C)C(=O)[C@@H](CC(C)C)NC(=O)[C@@H](CC(C)C)N(C)C(=O)OC(=O)[C@@H](C)N[C@@H](CC(C)C)N(C)[C@@H](CC(C)C)NC(=O)[C@H](CC(C)C)N(C)C(=O)CN(C)C1=O. The molecule has 0 aromatic rings. The minimum atomic E-state index is -1.18. The number of amides is 8. The van der Waals surface area contributed by atoms with Crippen molar-refractivity contribution in [2.75, 3.05) is 81.7 Å². The Kier molecular flexibility index (Phi) is 31.0. The van der Waals surface area contributed by atoms with E-state index in [0.29, 0.717) is 38.9 Å². The third kappa shape index (κ3) is 22.9. The zero-order valence-corrected chi connectivity index (χ0v) is 54.3. The van der Waals surface area contributed by atoms with Gasteiger partial charge in [-0.05, 0) is 113 Å². The van der Waals surface area contributed by atoms with Gasteiger partial charge in [0.15, 0.2) is 0 Å². The molecule has 0 radical (unpaired) electrons. The molecular formula is C60H111N11O11. The smallest absolute Gasteiger partial charge is 0.379 e. The first kappa shape index (κ1) is 73.2. The molecule has 2 aliphatic rings. The fraction of sp³-hybridized carbons (Fsp3) is 0.850. The first-order valence-corrected chi connectivity index (χ1v) is 30.3. The highest BCUT2D eigenvalue weighted by molar-refractivity contribution is 5.97. The number of hydrogen-bond donors (Lipinski definition) is 4. The van der Waals surface area contributed by atoms with Gasteiger partial charge in [0.05, 0.1) is 32.1 Å². The van der Waals surface area contributed by atoms with Gasteiger partial charge < -0.3 is 45.0 Å². The molecule has 0 aromatic carbocycles. The molecule has 0 spiro atoms. The molecule has 0 aromatic heterocycles. The summed E-state index contributed by atoms with van der Waals surface area (Å²) >= 11 is 0. The van der Waals surface area contributed by atoms with Gasteiger partial charge in [-0.25, -0.2) is 9.59 Å². The lowest BCUT2D eigenvalue weighted by Crippen LogP contribution is -2.61. The van der Waals surface area contributed by atoms with Gasteiger partial charge in [-0.15, -0.1) is 0 Å². The summed E-state index contributed by atoms with van der Waals surface area (Å²) in [7, 11) is 9.25. The Bertz CT molecular complexity index is 2080. The van der Waals surface area contributed by atoms with Crippen LogP contribution in [0, 0.1) is 41.4 Å². The molecule has 4 N–H and O–H groups in total. The molecule has 472 valence electrons. The van der Waals surface area contributed by atoms with E-state index in [4.69, 9.17) is 9.47 Å². The van der Waals surface area contributed by atoms with Crippen LogP contribution in [0.15, 0.2) is 0 Å². The summed E-state index contributed by atoms with van der Waals surface area (Å²) in [4.78, 5) is 141. The van der Waals surface area contributed by atoms with E-state index in [1.807, 2.05) is 88.1 Å². The van der Waals surface area contributed by atoms with Crippen LogP contribution in [0.2, 0.25) is 0 Å². The standard InChI is InChI=1S/C60H111N11O11/c1-22-44-56(76)65(16)35-51(72)66(17)46(30-37(4)5)55(75)64-50(33-40(10)11)69(20)49(32-39(8)9)61-43(15)59(79)82-60(80)68(19)47(31-38(6)7)53(73)63-45(29-36(2)3)57(77)70(21)52(41(12)13)58(78)67(18)48(54(74)62-44)34-42(14)23-24-71-25-27-81-28-26-71/h36-50,52,61H,22-35H2,1-21H3,(H,62,74)(H,63,73)(H,64,75)/t42-,43-,44-,45-,46+,47-,48-,49-,50+,52?/m1/s1. The van der Waals surface area contributed by atoms with Crippen molar-refractivity contribution in [2.24, 2.45) is 41.4 Å². The Hall–Kier alpha value is -4.93. The molecule has 22 nitrogen and oxygen atoms in total. The van der Waals surface area contributed by atoms with Crippen LogP contribution in [0.25, 0.3) is 0 Å². The van der Waals surface area contributed by atoms with Crippen LogP contribution >= 0.6 is 0 Å². The van der Waals surface area contributed by atoms with Crippen LogP contribution < -0.4 is 21.3 Å². The van der Waals surface area contributed by atoms with Crippen molar-refractivity contribution in [1.82, 2.24) is 55.6 Å². The third-order valence-corrected chi connectivity index (χ3v) is 15.8. The number of hydrogen-bond acceptors (Lipinski definition) is 14. The van der Waals surface area contributed by atoms with Gasteiger partial charge in [0, 0.05) is 48.3 Å². The normalized spacial score (nSPS) is 27.1. The number of carbonyl (C=O) groups excluding carboxylic acids is 9. The van der Waals surface area contributed by atoms with Crippen LogP contribution in [-0.4, -0.2) is 224 Å². The highest BCUT2D eigenvalue weighted by atomic mass is 16.6. The van der Waals surface area contributed by atoms with Crippen molar-refractivity contribution in [1.29, 1.82) is 0 Å². The average molecular weight is 1160 g/mol. The van der Waals surface area contributed by atoms with Crippen molar-refractivity contribution in [3.63, 3.8) is 0 Å². The van der Waals surface area contributed by atoms with Gasteiger partial charge in [0.1, 0.15) is 42.3 Å². The van der Waals surface area contributed by atoms with Crippen LogP contribution in [0.4, 0.5) is 4.79 Å². The Morgan fingerprint density at radius 3 is 1.50 bits per heavy atom. The van der Waals surface area contributed by atoms with Crippen LogP contribution in [0.5, 0.6) is 0 Å². The zero-order chi connectivity index (χ0) is 62.6. The molecule has 1 unspecified atom stereocenters. The number of carbonyl (C=O) groups is 9. The molecule has 2 fully saturated rings. The topological polar surface area (TPSA) is 243 Å². The summed E-state index contributed by atoms with van der Waals surface area (Å²) in [6.45, 7) is 31.6. The van der Waals surface area contributed by atoms with E-state index >= 15 is 4.79 Å². The van der Waals surface area contributed by atoms with E-state index in [-0.39, 0.29) is 61.2 Å².